The Hall–Kier alpha value is -1.29. The maximum absolute atomic E-state index is 8.38. The second-order valence-corrected chi connectivity index (χ2v) is 3.49. The third kappa shape index (κ3) is 1.45. The molecule has 3 nitrogen and oxygen atoms in total. The first kappa shape index (κ1) is 8.31. The maximum atomic E-state index is 8.38. The molecular formula is C9H6BrNO2. The number of hydrogen-bond acceptors (Lipinski definition) is 3. The molecule has 0 fully saturated rings. The van der Waals surface area contributed by atoms with Gasteiger partial charge in [0.15, 0.2) is 0 Å². The van der Waals surface area contributed by atoms with Gasteiger partial charge in [-0.1, -0.05) is 21.1 Å². The van der Waals surface area contributed by atoms with E-state index in [2.05, 4.69) is 21.1 Å². The van der Waals surface area contributed by atoms with Crippen molar-refractivity contribution >= 4 is 33.1 Å². The number of oxime groups is 1. The van der Waals surface area contributed by atoms with Crippen LogP contribution in [-0.4, -0.2) is 11.4 Å². The van der Waals surface area contributed by atoms with E-state index in [9.17, 15) is 0 Å². The van der Waals surface area contributed by atoms with E-state index in [-0.39, 0.29) is 0 Å². The lowest BCUT2D eigenvalue weighted by molar-refractivity contribution is 0.322. The van der Waals surface area contributed by atoms with Crippen LogP contribution in [0.2, 0.25) is 0 Å². The summed E-state index contributed by atoms with van der Waals surface area (Å²) in [5.74, 6) is 0. The number of nitrogens with zero attached hydrogens (tertiary/aromatic N) is 1. The second-order valence-electron chi connectivity index (χ2n) is 2.58. The van der Waals surface area contributed by atoms with Gasteiger partial charge in [0.2, 0.25) is 0 Å². The summed E-state index contributed by atoms with van der Waals surface area (Å²) in [7, 11) is 0. The van der Waals surface area contributed by atoms with Crippen molar-refractivity contribution in [2.45, 2.75) is 0 Å². The largest absolute Gasteiger partial charge is 0.464 e. The molecule has 1 aromatic heterocycles. The first-order valence-electron chi connectivity index (χ1n) is 3.65. The van der Waals surface area contributed by atoms with Gasteiger partial charge in [-0.3, -0.25) is 0 Å². The van der Waals surface area contributed by atoms with Crippen molar-refractivity contribution in [1.29, 1.82) is 0 Å². The molecule has 66 valence electrons. The Morgan fingerprint density at radius 2 is 2.31 bits per heavy atom. The molecule has 0 spiro atoms. The summed E-state index contributed by atoms with van der Waals surface area (Å²) in [4.78, 5) is 0. The Morgan fingerprint density at radius 3 is 3.08 bits per heavy atom. The lowest BCUT2D eigenvalue weighted by atomic mass is 10.2. The summed E-state index contributed by atoms with van der Waals surface area (Å²) >= 11 is 3.35. The molecule has 0 amide bonds. The summed E-state index contributed by atoms with van der Waals surface area (Å²) in [6.45, 7) is 0. The molecule has 13 heavy (non-hydrogen) atoms. The van der Waals surface area contributed by atoms with Crippen LogP contribution in [0.5, 0.6) is 0 Å². The average molecular weight is 240 g/mol. The normalized spacial score (nSPS) is 11.5. The predicted octanol–water partition coefficient (Wildman–Crippen LogP) is 3.00. The van der Waals surface area contributed by atoms with Crippen LogP contribution in [0.15, 0.2) is 38.5 Å². The van der Waals surface area contributed by atoms with Crippen LogP contribution >= 0.6 is 15.9 Å². The van der Waals surface area contributed by atoms with Crippen molar-refractivity contribution in [2.75, 3.05) is 0 Å². The molecule has 4 heteroatoms. The quantitative estimate of drug-likeness (QED) is 0.473. The maximum Gasteiger partial charge on any atom is 0.134 e. The molecule has 0 saturated carbocycles. The van der Waals surface area contributed by atoms with Crippen LogP contribution in [0.1, 0.15) is 5.56 Å². The van der Waals surface area contributed by atoms with Crippen LogP contribution in [0.4, 0.5) is 0 Å². The summed E-state index contributed by atoms with van der Waals surface area (Å²) in [6.07, 6.45) is 2.90. The van der Waals surface area contributed by atoms with E-state index in [0.717, 1.165) is 21.0 Å². The molecule has 0 aliphatic carbocycles. The molecule has 1 heterocycles. The standard InChI is InChI=1S/C9H6BrNO2/c10-7-1-2-9-8(3-7)6(4-11-12)5-13-9/h1-5,12H/b11-4-. The third-order valence-electron chi connectivity index (χ3n) is 1.76. The van der Waals surface area contributed by atoms with Gasteiger partial charge in [0, 0.05) is 15.4 Å². The number of fused-ring (bicyclic) bond motifs is 1. The molecule has 0 atom stereocenters. The van der Waals surface area contributed by atoms with Crippen LogP contribution in [0, 0.1) is 0 Å². The SMILES string of the molecule is O/N=C\c1coc2ccc(Br)cc12. The average Bonchev–Trinajstić information content (AvgIpc) is 2.49. The summed E-state index contributed by atoms with van der Waals surface area (Å²) in [5.41, 5.74) is 1.54. The smallest absolute Gasteiger partial charge is 0.134 e. The van der Waals surface area contributed by atoms with Gasteiger partial charge >= 0.3 is 0 Å². The van der Waals surface area contributed by atoms with Crippen LogP contribution in [-0.2, 0) is 0 Å². The molecule has 0 unspecified atom stereocenters. The van der Waals surface area contributed by atoms with Crippen molar-refractivity contribution in [3.05, 3.63) is 34.5 Å². The molecule has 0 radical (unpaired) electrons. The van der Waals surface area contributed by atoms with Crippen molar-refractivity contribution in [3.8, 4) is 0 Å². The van der Waals surface area contributed by atoms with Crippen LogP contribution < -0.4 is 0 Å². The highest BCUT2D eigenvalue weighted by Crippen LogP contribution is 2.23. The first-order valence-corrected chi connectivity index (χ1v) is 4.45. The fourth-order valence-electron chi connectivity index (χ4n) is 1.18. The molecule has 0 saturated heterocycles. The van der Waals surface area contributed by atoms with Gasteiger partial charge in [0.05, 0.1) is 6.21 Å². The molecule has 0 aliphatic rings. The van der Waals surface area contributed by atoms with Crippen LogP contribution in [0.3, 0.4) is 0 Å². The van der Waals surface area contributed by atoms with Gasteiger partial charge in [-0.25, -0.2) is 0 Å². The minimum atomic E-state index is 0.763. The monoisotopic (exact) mass is 239 g/mol. The summed E-state index contributed by atoms with van der Waals surface area (Å²) in [5, 5.41) is 12.3. The fourth-order valence-corrected chi connectivity index (χ4v) is 1.54. The highest BCUT2D eigenvalue weighted by Gasteiger charge is 2.03. The van der Waals surface area contributed by atoms with Gasteiger partial charge in [0.25, 0.3) is 0 Å². The van der Waals surface area contributed by atoms with Crippen molar-refractivity contribution in [3.63, 3.8) is 0 Å². The van der Waals surface area contributed by atoms with E-state index in [1.54, 1.807) is 6.26 Å². The first-order chi connectivity index (χ1) is 6.31. The predicted molar refractivity (Wildman–Crippen MR) is 53.3 cm³/mol. The van der Waals surface area contributed by atoms with E-state index in [0.29, 0.717) is 0 Å². The Morgan fingerprint density at radius 1 is 1.46 bits per heavy atom. The molecule has 1 N–H and O–H groups in total. The molecule has 1 aromatic carbocycles. The van der Waals surface area contributed by atoms with E-state index >= 15 is 0 Å². The topological polar surface area (TPSA) is 45.7 Å². The number of furan rings is 1. The lowest BCUT2D eigenvalue weighted by Crippen LogP contribution is -1.76. The Labute approximate surface area is 82.8 Å². The Kier molecular flexibility index (Phi) is 2.06. The zero-order valence-electron chi connectivity index (χ0n) is 6.57. The number of halogens is 1. The molecular weight excluding hydrogens is 234 g/mol. The molecule has 0 aliphatic heterocycles. The lowest BCUT2D eigenvalue weighted by Gasteiger charge is -1.90. The molecule has 2 rings (SSSR count). The number of hydrogen-bond donors (Lipinski definition) is 1. The highest BCUT2D eigenvalue weighted by atomic mass is 79.9. The molecule has 2 aromatic rings. The zero-order valence-corrected chi connectivity index (χ0v) is 8.15. The van der Waals surface area contributed by atoms with Crippen molar-refractivity contribution in [1.82, 2.24) is 0 Å². The number of rotatable bonds is 1. The van der Waals surface area contributed by atoms with Gasteiger partial charge in [-0.2, -0.15) is 0 Å². The van der Waals surface area contributed by atoms with E-state index < -0.39 is 0 Å². The van der Waals surface area contributed by atoms with Gasteiger partial charge in [-0.15, -0.1) is 0 Å². The zero-order chi connectivity index (χ0) is 9.26. The highest BCUT2D eigenvalue weighted by molar-refractivity contribution is 9.10. The van der Waals surface area contributed by atoms with E-state index in [4.69, 9.17) is 9.62 Å². The summed E-state index contributed by atoms with van der Waals surface area (Å²) < 4.78 is 6.20. The minimum absolute atomic E-state index is 0.763. The fraction of sp³-hybridized carbons (Fsp3) is 0. The van der Waals surface area contributed by atoms with Gasteiger partial charge in [0.1, 0.15) is 11.8 Å². The van der Waals surface area contributed by atoms with E-state index in [1.165, 1.54) is 6.21 Å². The summed E-state index contributed by atoms with van der Waals surface area (Å²) in [6, 6.07) is 5.66. The molecule has 0 bridgehead atoms. The third-order valence-corrected chi connectivity index (χ3v) is 2.26. The minimum Gasteiger partial charge on any atom is -0.464 e. The number of benzene rings is 1. The van der Waals surface area contributed by atoms with Crippen molar-refractivity contribution < 1.29 is 9.62 Å². The van der Waals surface area contributed by atoms with E-state index in [1.807, 2.05) is 18.2 Å². The second kappa shape index (κ2) is 3.22. The Balaban J connectivity index is 2.71. The van der Waals surface area contributed by atoms with Crippen molar-refractivity contribution in [2.24, 2.45) is 5.16 Å². The Bertz CT molecular complexity index is 462. The van der Waals surface area contributed by atoms with Crippen LogP contribution in [0.25, 0.3) is 11.0 Å². The van der Waals surface area contributed by atoms with Gasteiger partial charge < -0.3 is 9.62 Å². The van der Waals surface area contributed by atoms with Gasteiger partial charge in [-0.05, 0) is 18.2 Å².